The molecule has 0 spiro atoms. The summed E-state index contributed by atoms with van der Waals surface area (Å²) in [5.41, 5.74) is 6.36. The second-order valence-electron chi connectivity index (χ2n) is 10.9. The molecule has 4 aromatic heterocycles. The Morgan fingerprint density at radius 3 is 1.76 bits per heavy atom. The summed E-state index contributed by atoms with van der Waals surface area (Å²) in [5.74, 6) is 0. The highest BCUT2D eigenvalue weighted by Gasteiger charge is 2.18. The van der Waals surface area contributed by atoms with Crippen LogP contribution in [0.2, 0.25) is 0 Å². The second kappa shape index (κ2) is 8.52. The smallest absolute Gasteiger partial charge is 0.0890 e. The molecular weight excluding hydrogens is 567 g/mol. The Hall–Kier alpha value is -4.48. The lowest BCUT2D eigenvalue weighted by atomic mass is 10.0. The van der Waals surface area contributed by atoms with Crippen molar-refractivity contribution in [2.45, 2.75) is 0 Å². The maximum absolute atomic E-state index is 2.42. The normalized spacial score (nSPS) is 12.3. The lowest BCUT2D eigenvalue weighted by Crippen LogP contribution is -1.93. The van der Waals surface area contributed by atoms with Crippen LogP contribution in [0.4, 0.5) is 0 Å². The molecule has 4 heterocycles. The highest BCUT2D eigenvalue weighted by atomic mass is 32.2. The highest BCUT2D eigenvalue weighted by molar-refractivity contribution is 7.44. The summed E-state index contributed by atoms with van der Waals surface area (Å²) in [7, 11) is 0. The zero-order chi connectivity index (χ0) is 27.4. The lowest BCUT2D eigenvalue weighted by Gasteiger charge is -2.08. The first kappa shape index (κ1) is 23.1. The van der Waals surface area contributed by atoms with Crippen LogP contribution in [-0.2, 0) is 0 Å². The number of nitrogens with zero attached hydrogens (tertiary/aromatic N) is 1. The van der Waals surface area contributed by atoms with Crippen LogP contribution in [0.5, 0.6) is 0 Å². The van der Waals surface area contributed by atoms with Crippen molar-refractivity contribution < 1.29 is 0 Å². The van der Waals surface area contributed by atoms with Gasteiger partial charge in [-0.15, -0.1) is 34.0 Å². The highest BCUT2D eigenvalue weighted by Crippen LogP contribution is 2.49. The van der Waals surface area contributed by atoms with E-state index < -0.39 is 0 Å². The molecule has 0 saturated carbocycles. The minimum Gasteiger partial charge on any atom is -0.309 e. The number of aromatic nitrogens is 1. The lowest BCUT2D eigenvalue weighted by molar-refractivity contribution is 1.19. The van der Waals surface area contributed by atoms with Crippen molar-refractivity contribution >= 4 is 106 Å². The molecule has 10 aromatic rings. The maximum Gasteiger partial charge on any atom is 0.0890 e. The van der Waals surface area contributed by atoms with Gasteiger partial charge in [0.1, 0.15) is 0 Å². The van der Waals surface area contributed by atoms with Crippen LogP contribution in [0.25, 0.3) is 88.4 Å². The molecule has 0 aliphatic rings. The third-order valence-corrected chi connectivity index (χ3v) is 12.4. The predicted molar refractivity (Wildman–Crippen MR) is 187 cm³/mol. The Balaban J connectivity index is 1.22. The van der Waals surface area contributed by atoms with Gasteiger partial charge in [-0.1, -0.05) is 91.0 Å². The van der Waals surface area contributed by atoms with Gasteiger partial charge in [-0.2, -0.15) is 0 Å². The van der Waals surface area contributed by atoms with Crippen LogP contribution in [0.15, 0.2) is 127 Å². The Morgan fingerprint density at radius 1 is 0.405 bits per heavy atom. The standard InChI is InChI=1S/C38H21NS3/c1-4-16-31-23(9-1)24-10-2-5-17-32(24)39(31)22-19-20-34-30(21-22)27-14-7-12-25(36(27)40-34)26-13-8-15-29-35-28-11-3-6-18-33(28)41-38(35)42-37(26)29/h1-21H. The van der Waals surface area contributed by atoms with Gasteiger partial charge in [0.15, 0.2) is 0 Å². The van der Waals surface area contributed by atoms with Crippen molar-refractivity contribution in [3.05, 3.63) is 127 Å². The van der Waals surface area contributed by atoms with Crippen molar-refractivity contribution in [3.63, 3.8) is 0 Å². The van der Waals surface area contributed by atoms with E-state index in [1.165, 1.54) is 88.4 Å². The molecule has 42 heavy (non-hydrogen) atoms. The number of thiophene rings is 3. The third-order valence-electron chi connectivity index (χ3n) is 8.65. The second-order valence-corrected chi connectivity index (χ2v) is 14.3. The molecule has 4 heteroatoms. The topological polar surface area (TPSA) is 4.93 Å². The van der Waals surface area contributed by atoms with Crippen LogP contribution in [-0.4, -0.2) is 4.57 Å². The monoisotopic (exact) mass is 587 g/mol. The van der Waals surface area contributed by atoms with E-state index in [0.29, 0.717) is 0 Å². The van der Waals surface area contributed by atoms with Crippen molar-refractivity contribution in [3.8, 4) is 16.8 Å². The Kier molecular flexibility index (Phi) is 4.69. The van der Waals surface area contributed by atoms with Gasteiger partial charge in [0, 0.05) is 73.3 Å². The maximum atomic E-state index is 2.42. The summed E-state index contributed by atoms with van der Waals surface area (Å²) in [6.45, 7) is 0. The van der Waals surface area contributed by atoms with Crippen LogP contribution >= 0.6 is 34.0 Å². The van der Waals surface area contributed by atoms with E-state index in [9.17, 15) is 0 Å². The zero-order valence-corrected chi connectivity index (χ0v) is 24.7. The molecule has 0 atom stereocenters. The number of hydrogen-bond acceptors (Lipinski definition) is 3. The van der Waals surface area contributed by atoms with E-state index >= 15 is 0 Å². The van der Waals surface area contributed by atoms with Gasteiger partial charge in [0.2, 0.25) is 0 Å². The summed E-state index contributed by atoms with van der Waals surface area (Å²) in [5, 5.41) is 9.40. The van der Waals surface area contributed by atoms with Crippen LogP contribution < -0.4 is 0 Å². The first-order valence-corrected chi connectivity index (χ1v) is 16.6. The molecule has 0 saturated heterocycles. The minimum absolute atomic E-state index is 1.21. The molecule has 0 N–H and O–H groups in total. The molecule has 0 bridgehead atoms. The number of hydrogen-bond donors (Lipinski definition) is 0. The molecule has 196 valence electrons. The average Bonchev–Trinajstić information content (AvgIpc) is 3.78. The van der Waals surface area contributed by atoms with Crippen molar-refractivity contribution in [1.82, 2.24) is 4.57 Å². The van der Waals surface area contributed by atoms with Crippen LogP contribution in [0.3, 0.4) is 0 Å². The first-order chi connectivity index (χ1) is 20.8. The van der Waals surface area contributed by atoms with E-state index in [1.807, 2.05) is 34.0 Å². The van der Waals surface area contributed by atoms with Crippen molar-refractivity contribution in [2.75, 3.05) is 0 Å². The Morgan fingerprint density at radius 2 is 1.00 bits per heavy atom. The largest absolute Gasteiger partial charge is 0.309 e. The van der Waals surface area contributed by atoms with Gasteiger partial charge in [0.05, 0.1) is 15.0 Å². The number of fused-ring (bicyclic) bond motifs is 11. The van der Waals surface area contributed by atoms with Gasteiger partial charge in [-0.25, -0.2) is 0 Å². The van der Waals surface area contributed by atoms with Gasteiger partial charge >= 0.3 is 0 Å². The fourth-order valence-electron chi connectivity index (χ4n) is 6.84. The molecule has 1 nitrogen and oxygen atoms in total. The van der Waals surface area contributed by atoms with E-state index in [0.717, 1.165) is 0 Å². The fraction of sp³-hybridized carbons (Fsp3) is 0. The third kappa shape index (κ3) is 3.06. The van der Waals surface area contributed by atoms with Gasteiger partial charge < -0.3 is 4.57 Å². The van der Waals surface area contributed by atoms with Crippen molar-refractivity contribution in [2.24, 2.45) is 0 Å². The zero-order valence-electron chi connectivity index (χ0n) is 22.3. The summed E-state index contributed by atoms with van der Waals surface area (Å²) in [6.07, 6.45) is 0. The molecule has 0 fully saturated rings. The summed E-state index contributed by atoms with van der Waals surface area (Å²) < 4.78 is 9.28. The van der Waals surface area contributed by atoms with E-state index in [4.69, 9.17) is 0 Å². The fourth-order valence-corrected chi connectivity index (χ4v) is 10.8. The van der Waals surface area contributed by atoms with E-state index in [2.05, 4.69) is 132 Å². The molecule has 0 radical (unpaired) electrons. The van der Waals surface area contributed by atoms with Crippen LogP contribution in [0.1, 0.15) is 0 Å². The molecule has 0 amide bonds. The molecule has 0 aliphatic heterocycles. The number of para-hydroxylation sites is 2. The predicted octanol–water partition coefficient (Wildman–Crippen LogP) is 12.4. The molecule has 0 aliphatic carbocycles. The van der Waals surface area contributed by atoms with Gasteiger partial charge in [-0.05, 0) is 36.4 Å². The molecule has 0 unspecified atom stereocenters. The Labute approximate surface area is 253 Å². The number of rotatable bonds is 2. The first-order valence-electron chi connectivity index (χ1n) is 14.1. The SMILES string of the molecule is c1ccc2c(c1)sc1sc3c(-c4cccc5c4sc4ccc(-n6c7ccccc7c7ccccc76)cc45)cccc3c12. The van der Waals surface area contributed by atoms with Crippen molar-refractivity contribution in [1.29, 1.82) is 0 Å². The minimum atomic E-state index is 1.21. The molecule has 10 rings (SSSR count). The van der Waals surface area contributed by atoms with Crippen LogP contribution in [0, 0.1) is 0 Å². The van der Waals surface area contributed by atoms with E-state index in [-0.39, 0.29) is 0 Å². The Bertz CT molecular complexity index is 2640. The van der Waals surface area contributed by atoms with Gasteiger partial charge in [0.25, 0.3) is 0 Å². The van der Waals surface area contributed by atoms with E-state index in [1.54, 1.807) is 0 Å². The number of benzene rings is 6. The molecule has 6 aromatic carbocycles. The quantitative estimate of drug-likeness (QED) is 0.190. The summed E-state index contributed by atoms with van der Waals surface area (Å²) in [4.78, 5) is 0. The summed E-state index contributed by atoms with van der Waals surface area (Å²) >= 11 is 5.78. The average molecular weight is 588 g/mol. The summed E-state index contributed by atoms with van der Waals surface area (Å²) in [6, 6.07) is 47.0. The van der Waals surface area contributed by atoms with Gasteiger partial charge in [-0.3, -0.25) is 0 Å². The molecular formula is C38H21NS3.